The van der Waals surface area contributed by atoms with E-state index < -0.39 is 0 Å². The van der Waals surface area contributed by atoms with Gasteiger partial charge in [-0.25, -0.2) is 0 Å². The summed E-state index contributed by atoms with van der Waals surface area (Å²) in [5.41, 5.74) is 1.27. The van der Waals surface area contributed by atoms with Gasteiger partial charge in [-0.1, -0.05) is 15.9 Å². The van der Waals surface area contributed by atoms with Gasteiger partial charge in [0.2, 0.25) is 0 Å². The van der Waals surface area contributed by atoms with Crippen molar-refractivity contribution in [2.75, 3.05) is 6.54 Å². The minimum atomic E-state index is 0.192. The van der Waals surface area contributed by atoms with Crippen molar-refractivity contribution in [2.45, 2.75) is 32.4 Å². The SMILES string of the molecule is Cc1ccc(C(C)NCC2Cc3cc(Br)ccc3O2)o1. The molecule has 1 aliphatic heterocycles. The van der Waals surface area contributed by atoms with Crippen LogP contribution in [0.25, 0.3) is 0 Å². The van der Waals surface area contributed by atoms with E-state index in [2.05, 4.69) is 34.2 Å². The first kappa shape index (κ1) is 13.7. The molecule has 0 amide bonds. The maximum atomic E-state index is 5.94. The summed E-state index contributed by atoms with van der Waals surface area (Å²) in [6, 6.07) is 10.4. The van der Waals surface area contributed by atoms with Crippen molar-refractivity contribution in [3.05, 3.63) is 51.9 Å². The number of furan rings is 1. The van der Waals surface area contributed by atoms with E-state index in [9.17, 15) is 0 Å². The zero-order valence-electron chi connectivity index (χ0n) is 11.7. The second-order valence-corrected chi connectivity index (χ2v) is 6.19. The lowest BCUT2D eigenvalue weighted by Gasteiger charge is -2.15. The van der Waals surface area contributed by atoms with Crippen molar-refractivity contribution in [3.8, 4) is 5.75 Å². The number of rotatable bonds is 4. The number of hydrogen-bond acceptors (Lipinski definition) is 3. The molecule has 0 aliphatic carbocycles. The van der Waals surface area contributed by atoms with Crippen LogP contribution in [-0.4, -0.2) is 12.6 Å². The van der Waals surface area contributed by atoms with Crippen molar-refractivity contribution in [1.29, 1.82) is 0 Å². The summed E-state index contributed by atoms with van der Waals surface area (Å²) in [5, 5.41) is 3.47. The minimum Gasteiger partial charge on any atom is -0.488 e. The molecule has 0 fully saturated rings. The summed E-state index contributed by atoms with van der Waals surface area (Å²) in [6.45, 7) is 4.88. The average molecular weight is 336 g/mol. The Morgan fingerprint density at radius 3 is 2.95 bits per heavy atom. The van der Waals surface area contributed by atoms with Gasteiger partial charge in [0.05, 0.1) is 6.04 Å². The summed E-state index contributed by atoms with van der Waals surface area (Å²) in [6.07, 6.45) is 1.14. The van der Waals surface area contributed by atoms with Gasteiger partial charge < -0.3 is 14.5 Å². The molecule has 3 nitrogen and oxygen atoms in total. The van der Waals surface area contributed by atoms with E-state index in [-0.39, 0.29) is 12.1 Å². The highest BCUT2D eigenvalue weighted by atomic mass is 79.9. The molecule has 1 aromatic heterocycles. The molecule has 1 aromatic carbocycles. The normalized spacial score (nSPS) is 18.6. The summed E-state index contributed by atoms with van der Waals surface area (Å²) < 4.78 is 12.7. The molecule has 2 aromatic rings. The van der Waals surface area contributed by atoms with Crippen molar-refractivity contribution in [3.63, 3.8) is 0 Å². The standard InChI is InChI=1S/C16H18BrNO2/c1-10-3-5-15(19-10)11(2)18-9-14-8-12-7-13(17)4-6-16(12)20-14/h3-7,11,14,18H,8-9H2,1-2H3. The van der Waals surface area contributed by atoms with Crippen LogP contribution in [0.15, 0.2) is 39.2 Å². The lowest BCUT2D eigenvalue weighted by Crippen LogP contribution is -2.31. The molecule has 0 spiro atoms. The Bertz CT molecular complexity index is 608. The highest BCUT2D eigenvalue weighted by Gasteiger charge is 2.23. The van der Waals surface area contributed by atoms with Gasteiger partial charge in [0.25, 0.3) is 0 Å². The molecule has 0 radical (unpaired) electrons. The molecule has 20 heavy (non-hydrogen) atoms. The molecule has 1 N–H and O–H groups in total. The smallest absolute Gasteiger partial charge is 0.123 e. The van der Waals surface area contributed by atoms with Crippen molar-refractivity contribution >= 4 is 15.9 Å². The number of ether oxygens (including phenoxy) is 1. The van der Waals surface area contributed by atoms with Gasteiger partial charge in [0, 0.05) is 17.4 Å². The Balaban J connectivity index is 1.56. The molecule has 0 bridgehead atoms. The van der Waals surface area contributed by atoms with Crippen LogP contribution in [0.5, 0.6) is 5.75 Å². The predicted octanol–water partition coefficient (Wildman–Crippen LogP) is 4.00. The Kier molecular flexibility index (Phi) is 3.85. The van der Waals surface area contributed by atoms with Gasteiger partial charge >= 0.3 is 0 Å². The number of fused-ring (bicyclic) bond motifs is 1. The number of nitrogens with one attached hydrogen (secondary N) is 1. The van der Waals surface area contributed by atoms with Gasteiger partial charge in [0.15, 0.2) is 0 Å². The fraction of sp³-hybridized carbons (Fsp3) is 0.375. The third-order valence-corrected chi connectivity index (χ3v) is 4.10. The molecular weight excluding hydrogens is 318 g/mol. The summed E-state index contributed by atoms with van der Waals surface area (Å²) in [4.78, 5) is 0. The number of halogens is 1. The van der Waals surface area contributed by atoms with E-state index in [1.54, 1.807) is 0 Å². The van der Waals surface area contributed by atoms with Crippen LogP contribution >= 0.6 is 15.9 Å². The van der Waals surface area contributed by atoms with Gasteiger partial charge in [-0.05, 0) is 49.7 Å². The quantitative estimate of drug-likeness (QED) is 0.916. The molecule has 2 atom stereocenters. The lowest BCUT2D eigenvalue weighted by molar-refractivity contribution is 0.220. The summed E-state index contributed by atoms with van der Waals surface area (Å²) in [7, 11) is 0. The first-order valence-electron chi connectivity index (χ1n) is 6.86. The van der Waals surface area contributed by atoms with Crippen LogP contribution in [0.4, 0.5) is 0 Å². The zero-order valence-corrected chi connectivity index (χ0v) is 13.2. The van der Waals surface area contributed by atoms with E-state index >= 15 is 0 Å². The zero-order chi connectivity index (χ0) is 14.1. The summed E-state index contributed by atoms with van der Waals surface area (Å²) >= 11 is 3.50. The minimum absolute atomic E-state index is 0.192. The first-order valence-corrected chi connectivity index (χ1v) is 7.66. The first-order chi connectivity index (χ1) is 9.61. The topological polar surface area (TPSA) is 34.4 Å². The van der Waals surface area contributed by atoms with Crippen LogP contribution in [0, 0.1) is 6.92 Å². The third kappa shape index (κ3) is 2.91. The van der Waals surface area contributed by atoms with Crippen LogP contribution in [0.3, 0.4) is 0 Å². The van der Waals surface area contributed by atoms with Crippen LogP contribution in [0.2, 0.25) is 0 Å². The Labute approximate surface area is 127 Å². The van der Waals surface area contributed by atoms with Crippen molar-refractivity contribution in [2.24, 2.45) is 0 Å². The Morgan fingerprint density at radius 1 is 1.35 bits per heavy atom. The maximum absolute atomic E-state index is 5.94. The average Bonchev–Trinajstić information content (AvgIpc) is 3.01. The van der Waals surface area contributed by atoms with E-state index in [1.807, 2.05) is 31.2 Å². The van der Waals surface area contributed by atoms with E-state index in [4.69, 9.17) is 9.15 Å². The molecule has 0 saturated carbocycles. The van der Waals surface area contributed by atoms with Gasteiger partial charge in [-0.15, -0.1) is 0 Å². The molecule has 4 heteroatoms. The lowest BCUT2D eigenvalue weighted by atomic mass is 10.1. The number of benzene rings is 1. The number of hydrogen-bond donors (Lipinski definition) is 1. The number of aryl methyl sites for hydroxylation is 1. The van der Waals surface area contributed by atoms with Crippen LogP contribution < -0.4 is 10.1 Å². The fourth-order valence-electron chi connectivity index (χ4n) is 2.50. The largest absolute Gasteiger partial charge is 0.488 e. The second-order valence-electron chi connectivity index (χ2n) is 5.27. The predicted molar refractivity (Wildman–Crippen MR) is 82.1 cm³/mol. The molecular formula is C16H18BrNO2. The second kappa shape index (κ2) is 5.62. The summed E-state index contributed by atoms with van der Waals surface area (Å²) in [5.74, 6) is 2.92. The van der Waals surface area contributed by atoms with Gasteiger partial charge in [0.1, 0.15) is 23.4 Å². The van der Waals surface area contributed by atoms with Crippen molar-refractivity contribution < 1.29 is 9.15 Å². The molecule has 3 rings (SSSR count). The molecule has 2 heterocycles. The van der Waals surface area contributed by atoms with E-state index in [0.29, 0.717) is 0 Å². The highest BCUT2D eigenvalue weighted by molar-refractivity contribution is 9.10. The molecule has 106 valence electrons. The maximum Gasteiger partial charge on any atom is 0.123 e. The Morgan fingerprint density at radius 2 is 2.20 bits per heavy atom. The Hall–Kier alpha value is -1.26. The van der Waals surface area contributed by atoms with E-state index in [0.717, 1.165) is 34.7 Å². The third-order valence-electron chi connectivity index (χ3n) is 3.60. The highest BCUT2D eigenvalue weighted by Crippen LogP contribution is 2.31. The van der Waals surface area contributed by atoms with E-state index in [1.165, 1.54) is 5.56 Å². The molecule has 2 unspecified atom stereocenters. The monoisotopic (exact) mass is 335 g/mol. The van der Waals surface area contributed by atoms with Gasteiger partial charge in [-0.3, -0.25) is 0 Å². The fourth-order valence-corrected chi connectivity index (χ4v) is 2.91. The van der Waals surface area contributed by atoms with Gasteiger partial charge in [-0.2, -0.15) is 0 Å². The van der Waals surface area contributed by atoms with Crippen molar-refractivity contribution in [1.82, 2.24) is 5.32 Å². The molecule has 1 aliphatic rings. The molecule has 0 saturated heterocycles. The van der Waals surface area contributed by atoms with Crippen LogP contribution in [-0.2, 0) is 6.42 Å². The van der Waals surface area contributed by atoms with Crippen LogP contribution in [0.1, 0.15) is 30.0 Å².